The SMILES string of the molecule is CCC(C)(CO)CNCCc1cscn1. The second kappa shape index (κ2) is 6.20. The fraction of sp³-hybridized carbons (Fsp3) is 0.727. The third-order valence-electron chi connectivity index (χ3n) is 2.83. The summed E-state index contributed by atoms with van der Waals surface area (Å²) in [5.41, 5.74) is 3.02. The maximum atomic E-state index is 9.22. The van der Waals surface area contributed by atoms with Crippen LogP contribution in [0, 0.1) is 5.41 Å². The van der Waals surface area contributed by atoms with Gasteiger partial charge >= 0.3 is 0 Å². The minimum Gasteiger partial charge on any atom is -0.396 e. The van der Waals surface area contributed by atoms with Crippen LogP contribution in [-0.2, 0) is 6.42 Å². The van der Waals surface area contributed by atoms with Gasteiger partial charge in [-0.2, -0.15) is 0 Å². The molecule has 0 aliphatic heterocycles. The molecule has 4 heteroatoms. The fourth-order valence-corrected chi connectivity index (χ4v) is 1.85. The standard InChI is InChI=1S/C11H20N2OS/c1-3-11(2,8-14)7-12-5-4-10-6-15-9-13-10/h6,9,12,14H,3-5,7-8H2,1-2H3. The zero-order chi connectivity index (χ0) is 11.1. The number of hydrogen-bond acceptors (Lipinski definition) is 4. The maximum Gasteiger partial charge on any atom is 0.0794 e. The molecule has 1 aromatic heterocycles. The van der Waals surface area contributed by atoms with Crippen molar-refractivity contribution in [2.45, 2.75) is 26.7 Å². The molecule has 0 fully saturated rings. The van der Waals surface area contributed by atoms with Gasteiger partial charge < -0.3 is 10.4 Å². The minimum absolute atomic E-state index is 0.0159. The van der Waals surface area contributed by atoms with Crippen LogP contribution in [0.15, 0.2) is 10.9 Å². The molecule has 0 saturated carbocycles. The van der Waals surface area contributed by atoms with Crippen molar-refractivity contribution in [3.8, 4) is 0 Å². The number of thiazole rings is 1. The van der Waals surface area contributed by atoms with Gasteiger partial charge in [-0.15, -0.1) is 11.3 Å². The van der Waals surface area contributed by atoms with E-state index in [1.807, 2.05) is 5.51 Å². The lowest BCUT2D eigenvalue weighted by Crippen LogP contribution is -2.35. The number of rotatable bonds is 7. The molecule has 0 bridgehead atoms. The van der Waals surface area contributed by atoms with Crippen LogP contribution in [0.5, 0.6) is 0 Å². The van der Waals surface area contributed by atoms with Gasteiger partial charge in [0.2, 0.25) is 0 Å². The predicted molar refractivity (Wildman–Crippen MR) is 64.2 cm³/mol. The molecular weight excluding hydrogens is 208 g/mol. The van der Waals surface area contributed by atoms with Gasteiger partial charge in [0, 0.05) is 36.9 Å². The summed E-state index contributed by atoms with van der Waals surface area (Å²) in [6.45, 7) is 6.25. The summed E-state index contributed by atoms with van der Waals surface area (Å²) >= 11 is 1.63. The van der Waals surface area contributed by atoms with Crippen molar-refractivity contribution in [3.05, 3.63) is 16.6 Å². The van der Waals surface area contributed by atoms with E-state index in [2.05, 4.69) is 29.5 Å². The zero-order valence-electron chi connectivity index (χ0n) is 9.49. The van der Waals surface area contributed by atoms with Crippen LogP contribution in [0.25, 0.3) is 0 Å². The molecule has 0 aliphatic rings. The second-order valence-electron chi connectivity index (χ2n) is 4.23. The van der Waals surface area contributed by atoms with E-state index in [4.69, 9.17) is 0 Å². The fourth-order valence-electron chi connectivity index (χ4n) is 1.26. The second-order valence-corrected chi connectivity index (χ2v) is 4.95. The number of nitrogens with zero attached hydrogens (tertiary/aromatic N) is 1. The van der Waals surface area contributed by atoms with E-state index in [1.54, 1.807) is 11.3 Å². The Morgan fingerprint density at radius 3 is 2.93 bits per heavy atom. The van der Waals surface area contributed by atoms with Crippen LogP contribution >= 0.6 is 11.3 Å². The third-order valence-corrected chi connectivity index (χ3v) is 3.46. The Kier molecular flexibility index (Phi) is 5.22. The molecule has 1 rings (SSSR count). The van der Waals surface area contributed by atoms with Gasteiger partial charge in [-0.05, 0) is 6.42 Å². The first-order valence-electron chi connectivity index (χ1n) is 5.39. The van der Waals surface area contributed by atoms with E-state index in [0.29, 0.717) is 0 Å². The van der Waals surface area contributed by atoms with E-state index >= 15 is 0 Å². The van der Waals surface area contributed by atoms with Crippen LogP contribution in [0.3, 0.4) is 0 Å². The molecule has 2 N–H and O–H groups in total. The Morgan fingerprint density at radius 2 is 2.40 bits per heavy atom. The van der Waals surface area contributed by atoms with E-state index in [-0.39, 0.29) is 12.0 Å². The highest BCUT2D eigenvalue weighted by Gasteiger charge is 2.19. The summed E-state index contributed by atoms with van der Waals surface area (Å²) in [5.74, 6) is 0. The Morgan fingerprint density at radius 1 is 1.60 bits per heavy atom. The lowest BCUT2D eigenvalue weighted by Gasteiger charge is -2.25. The molecule has 1 heterocycles. The number of aliphatic hydroxyl groups excluding tert-OH is 1. The quantitative estimate of drug-likeness (QED) is 0.698. The molecule has 0 saturated heterocycles. The number of aliphatic hydroxyl groups is 1. The average Bonchev–Trinajstić information content (AvgIpc) is 2.77. The van der Waals surface area contributed by atoms with Gasteiger partial charge in [0.25, 0.3) is 0 Å². The monoisotopic (exact) mass is 228 g/mol. The van der Waals surface area contributed by atoms with Crippen LogP contribution < -0.4 is 5.32 Å². The third kappa shape index (κ3) is 4.28. The van der Waals surface area contributed by atoms with Gasteiger partial charge in [0.15, 0.2) is 0 Å². The Balaban J connectivity index is 2.16. The molecule has 0 aliphatic carbocycles. The Bertz CT molecular complexity index is 258. The largest absolute Gasteiger partial charge is 0.396 e. The lowest BCUT2D eigenvalue weighted by atomic mass is 9.89. The van der Waals surface area contributed by atoms with Crippen molar-refractivity contribution in [2.24, 2.45) is 5.41 Å². The van der Waals surface area contributed by atoms with E-state index in [9.17, 15) is 5.11 Å². The number of hydrogen-bond donors (Lipinski definition) is 2. The van der Waals surface area contributed by atoms with Gasteiger partial charge in [0.05, 0.1) is 11.2 Å². The van der Waals surface area contributed by atoms with Crippen LogP contribution in [0.4, 0.5) is 0 Å². The first-order valence-corrected chi connectivity index (χ1v) is 6.33. The highest BCUT2D eigenvalue weighted by molar-refractivity contribution is 7.07. The van der Waals surface area contributed by atoms with Crippen molar-refractivity contribution in [3.63, 3.8) is 0 Å². The van der Waals surface area contributed by atoms with Crippen LogP contribution in [0.2, 0.25) is 0 Å². The lowest BCUT2D eigenvalue weighted by molar-refractivity contribution is 0.136. The van der Waals surface area contributed by atoms with Crippen molar-refractivity contribution in [1.82, 2.24) is 10.3 Å². The molecule has 15 heavy (non-hydrogen) atoms. The van der Waals surface area contributed by atoms with Crippen LogP contribution in [-0.4, -0.2) is 29.8 Å². The molecule has 1 unspecified atom stereocenters. The summed E-state index contributed by atoms with van der Waals surface area (Å²) in [6, 6.07) is 0. The van der Waals surface area contributed by atoms with E-state index in [0.717, 1.165) is 31.6 Å². The first kappa shape index (κ1) is 12.6. The highest BCUT2D eigenvalue weighted by Crippen LogP contribution is 2.18. The normalized spacial score (nSPS) is 15.1. The summed E-state index contributed by atoms with van der Waals surface area (Å²) in [4.78, 5) is 4.22. The van der Waals surface area contributed by atoms with Crippen molar-refractivity contribution >= 4 is 11.3 Å². The number of nitrogens with one attached hydrogen (secondary N) is 1. The maximum absolute atomic E-state index is 9.22. The van der Waals surface area contributed by atoms with Crippen molar-refractivity contribution in [1.29, 1.82) is 0 Å². The van der Waals surface area contributed by atoms with Gasteiger partial charge in [-0.3, -0.25) is 0 Å². The predicted octanol–water partition coefficient (Wildman–Crippen LogP) is 1.68. The topological polar surface area (TPSA) is 45.1 Å². The Labute approximate surface area is 95.6 Å². The summed E-state index contributed by atoms with van der Waals surface area (Å²) in [7, 11) is 0. The smallest absolute Gasteiger partial charge is 0.0794 e. The molecule has 0 spiro atoms. The number of aromatic nitrogens is 1. The van der Waals surface area contributed by atoms with Gasteiger partial charge in [0.1, 0.15) is 0 Å². The van der Waals surface area contributed by atoms with Crippen LogP contribution in [0.1, 0.15) is 26.0 Å². The van der Waals surface area contributed by atoms with Crippen molar-refractivity contribution < 1.29 is 5.11 Å². The Hall–Kier alpha value is -0.450. The molecule has 0 amide bonds. The molecular formula is C11H20N2OS. The van der Waals surface area contributed by atoms with Gasteiger partial charge in [-0.1, -0.05) is 13.8 Å². The molecule has 3 nitrogen and oxygen atoms in total. The summed E-state index contributed by atoms with van der Waals surface area (Å²) < 4.78 is 0. The van der Waals surface area contributed by atoms with Gasteiger partial charge in [-0.25, -0.2) is 4.98 Å². The highest BCUT2D eigenvalue weighted by atomic mass is 32.1. The molecule has 1 atom stereocenters. The minimum atomic E-state index is 0.0159. The van der Waals surface area contributed by atoms with Crippen molar-refractivity contribution in [2.75, 3.05) is 19.7 Å². The summed E-state index contributed by atoms with van der Waals surface area (Å²) in [6.07, 6.45) is 1.96. The van der Waals surface area contributed by atoms with E-state index < -0.39 is 0 Å². The molecule has 86 valence electrons. The summed E-state index contributed by atoms with van der Waals surface area (Å²) in [5, 5.41) is 14.7. The average molecular weight is 228 g/mol. The molecule has 0 aromatic carbocycles. The van der Waals surface area contributed by atoms with E-state index in [1.165, 1.54) is 0 Å². The molecule has 0 radical (unpaired) electrons. The molecule has 1 aromatic rings. The zero-order valence-corrected chi connectivity index (χ0v) is 10.3. The first-order chi connectivity index (χ1) is 7.20.